The van der Waals surface area contributed by atoms with E-state index in [0.717, 1.165) is 5.56 Å². The topological polar surface area (TPSA) is 114 Å². The number of anilines is 2. The molecule has 4 N–H and O–H groups in total. The van der Waals surface area contributed by atoms with Crippen LogP contribution in [0.1, 0.15) is 34.3 Å². The Hall–Kier alpha value is -4.47. The summed E-state index contributed by atoms with van der Waals surface area (Å²) in [6, 6.07) is 17.6. The molecule has 38 heavy (non-hydrogen) atoms. The van der Waals surface area contributed by atoms with Gasteiger partial charge in [0.2, 0.25) is 0 Å². The van der Waals surface area contributed by atoms with Crippen LogP contribution in [0.2, 0.25) is 0 Å². The molecule has 7 nitrogen and oxygen atoms in total. The zero-order chi connectivity index (χ0) is 27.5. The van der Waals surface area contributed by atoms with E-state index < -0.39 is 24.5 Å². The van der Waals surface area contributed by atoms with E-state index in [4.69, 9.17) is 25.7 Å². The van der Waals surface area contributed by atoms with Crippen LogP contribution in [0.15, 0.2) is 72.8 Å². The highest BCUT2D eigenvalue weighted by atomic mass is 19.4. The lowest BCUT2D eigenvalue weighted by Crippen LogP contribution is -2.10. The normalized spacial score (nSPS) is 11.3. The van der Waals surface area contributed by atoms with Crippen molar-refractivity contribution in [2.45, 2.75) is 25.4 Å². The van der Waals surface area contributed by atoms with Crippen LogP contribution in [-0.2, 0) is 16.0 Å². The standard InChI is InChI=1S/C28H27F3N2O5/c29-28(30,31)13-1-14-36-24-7-9-25(10-8-24)38-27(35)21-5-2-19(3-6-21)4-11-26(34)37-15-12-20-16-22(32)18-23(33)17-20/h2-11,16-18H,1,12-15,32-33H2/b11-4+. The number of carbonyl (C=O) groups excluding carboxylic acids is 2. The van der Waals surface area contributed by atoms with Crippen LogP contribution in [0, 0.1) is 0 Å². The maximum absolute atomic E-state index is 12.4. The van der Waals surface area contributed by atoms with Gasteiger partial charge in [-0.1, -0.05) is 12.1 Å². The van der Waals surface area contributed by atoms with Crippen LogP contribution in [0.3, 0.4) is 0 Å². The van der Waals surface area contributed by atoms with Crippen molar-refractivity contribution >= 4 is 29.4 Å². The van der Waals surface area contributed by atoms with Gasteiger partial charge in [-0.25, -0.2) is 9.59 Å². The number of carbonyl (C=O) groups is 2. The maximum Gasteiger partial charge on any atom is 0.389 e. The van der Waals surface area contributed by atoms with Gasteiger partial charge in [0.15, 0.2) is 0 Å². The SMILES string of the molecule is Nc1cc(N)cc(CCOC(=O)/C=C/c2ccc(C(=O)Oc3ccc(OCCCC(F)(F)F)cc3)cc2)c1. The molecule has 0 fully saturated rings. The average Bonchev–Trinajstić information content (AvgIpc) is 2.85. The van der Waals surface area contributed by atoms with Crippen LogP contribution < -0.4 is 20.9 Å². The molecular weight excluding hydrogens is 501 g/mol. The molecule has 3 aromatic carbocycles. The number of benzene rings is 3. The predicted octanol–water partition coefficient (Wildman–Crippen LogP) is 5.59. The Labute approximate surface area is 217 Å². The summed E-state index contributed by atoms with van der Waals surface area (Å²) in [5, 5.41) is 0. The average molecular weight is 529 g/mol. The van der Waals surface area contributed by atoms with Gasteiger partial charge in [-0.2, -0.15) is 13.2 Å². The third-order valence-electron chi connectivity index (χ3n) is 5.14. The molecule has 0 aliphatic carbocycles. The molecule has 200 valence electrons. The van der Waals surface area contributed by atoms with Gasteiger partial charge in [0.1, 0.15) is 11.5 Å². The number of nitrogen functional groups attached to an aromatic ring is 2. The van der Waals surface area contributed by atoms with Gasteiger partial charge in [0.05, 0.1) is 18.8 Å². The molecule has 0 aromatic heterocycles. The molecular formula is C28H27F3N2O5. The highest BCUT2D eigenvalue weighted by Crippen LogP contribution is 2.23. The lowest BCUT2D eigenvalue weighted by Gasteiger charge is -2.09. The first-order valence-corrected chi connectivity index (χ1v) is 11.7. The van der Waals surface area contributed by atoms with Gasteiger partial charge in [0, 0.05) is 30.3 Å². The molecule has 0 saturated heterocycles. The second-order valence-corrected chi connectivity index (χ2v) is 8.31. The van der Waals surface area contributed by atoms with Crippen molar-refractivity contribution in [3.8, 4) is 11.5 Å². The molecule has 3 aromatic rings. The first-order valence-electron chi connectivity index (χ1n) is 11.7. The van der Waals surface area contributed by atoms with Gasteiger partial charge in [-0.15, -0.1) is 0 Å². The number of alkyl halides is 3. The number of hydrogen-bond donors (Lipinski definition) is 2. The Balaban J connectivity index is 1.42. The summed E-state index contributed by atoms with van der Waals surface area (Å²) in [5.74, 6) is -0.486. The van der Waals surface area contributed by atoms with E-state index in [2.05, 4.69) is 0 Å². The van der Waals surface area contributed by atoms with Crippen LogP contribution in [0.5, 0.6) is 11.5 Å². The minimum atomic E-state index is -4.21. The molecule has 0 bridgehead atoms. The molecule has 0 aliphatic heterocycles. The molecule has 0 spiro atoms. The van der Waals surface area contributed by atoms with E-state index in [1.807, 2.05) is 0 Å². The second kappa shape index (κ2) is 13.2. The first-order chi connectivity index (χ1) is 18.1. The van der Waals surface area contributed by atoms with E-state index in [-0.39, 0.29) is 25.4 Å². The minimum absolute atomic E-state index is 0.0735. The smallest absolute Gasteiger partial charge is 0.389 e. The van der Waals surface area contributed by atoms with Gasteiger partial charge < -0.3 is 25.7 Å². The molecule has 0 amide bonds. The molecule has 0 atom stereocenters. The minimum Gasteiger partial charge on any atom is -0.494 e. The van der Waals surface area contributed by atoms with Crippen molar-refractivity contribution in [1.29, 1.82) is 0 Å². The summed E-state index contributed by atoms with van der Waals surface area (Å²) in [6.07, 6.45) is -1.95. The van der Waals surface area contributed by atoms with Crippen molar-refractivity contribution in [2.24, 2.45) is 0 Å². The summed E-state index contributed by atoms with van der Waals surface area (Å²) >= 11 is 0. The van der Waals surface area contributed by atoms with Gasteiger partial charge >= 0.3 is 18.1 Å². The van der Waals surface area contributed by atoms with Gasteiger partial charge in [0.25, 0.3) is 0 Å². The number of ether oxygens (including phenoxy) is 3. The first kappa shape index (κ1) is 28.1. The van der Waals surface area contributed by atoms with Crippen LogP contribution in [0.25, 0.3) is 6.08 Å². The molecule has 0 heterocycles. The Kier molecular flexibility index (Phi) is 9.75. The monoisotopic (exact) mass is 528 g/mol. The highest BCUT2D eigenvalue weighted by Gasteiger charge is 2.26. The largest absolute Gasteiger partial charge is 0.494 e. The Morgan fingerprint density at radius 1 is 0.842 bits per heavy atom. The number of hydrogen-bond acceptors (Lipinski definition) is 7. The van der Waals surface area contributed by atoms with E-state index in [9.17, 15) is 22.8 Å². The predicted molar refractivity (Wildman–Crippen MR) is 138 cm³/mol. The Morgan fingerprint density at radius 3 is 2.11 bits per heavy atom. The number of nitrogens with two attached hydrogens (primary N) is 2. The number of halogens is 3. The third kappa shape index (κ3) is 9.88. The number of esters is 2. The molecule has 3 rings (SSSR count). The maximum atomic E-state index is 12.4. The molecule has 0 radical (unpaired) electrons. The van der Waals surface area contributed by atoms with Crippen LogP contribution in [-0.4, -0.2) is 31.3 Å². The van der Waals surface area contributed by atoms with Crippen molar-refractivity contribution in [3.63, 3.8) is 0 Å². The van der Waals surface area contributed by atoms with Crippen molar-refractivity contribution in [1.82, 2.24) is 0 Å². The highest BCUT2D eigenvalue weighted by molar-refractivity contribution is 5.91. The van der Waals surface area contributed by atoms with Crippen LogP contribution >= 0.6 is 0 Å². The molecule has 0 saturated carbocycles. The third-order valence-corrected chi connectivity index (χ3v) is 5.14. The summed E-state index contributed by atoms with van der Waals surface area (Å²) < 4.78 is 52.3. The van der Waals surface area contributed by atoms with Crippen LogP contribution in [0.4, 0.5) is 24.5 Å². The van der Waals surface area contributed by atoms with Crippen molar-refractivity contribution in [2.75, 3.05) is 24.7 Å². The quantitative estimate of drug-likeness (QED) is 0.110. The number of rotatable bonds is 11. The zero-order valence-electron chi connectivity index (χ0n) is 20.4. The summed E-state index contributed by atoms with van der Waals surface area (Å²) in [7, 11) is 0. The zero-order valence-corrected chi connectivity index (χ0v) is 20.4. The Morgan fingerprint density at radius 2 is 1.47 bits per heavy atom. The lowest BCUT2D eigenvalue weighted by atomic mass is 10.1. The van der Waals surface area contributed by atoms with E-state index in [1.165, 1.54) is 30.3 Å². The van der Waals surface area contributed by atoms with Crippen molar-refractivity contribution in [3.05, 3.63) is 89.5 Å². The fraction of sp³-hybridized carbons (Fsp3) is 0.214. The summed E-state index contributed by atoms with van der Waals surface area (Å²) in [4.78, 5) is 24.4. The fourth-order valence-electron chi connectivity index (χ4n) is 3.33. The Bertz CT molecular complexity index is 1240. The second-order valence-electron chi connectivity index (χ2n) is 8.31. The molecule has 10 heteroatoms. The molecule has 0 aliphatic rings. The fourth-order valence-corrected chi connectivity index (χ4v) is 3.33. The summed E-state index contributed by atoms with van der Waals surface area (Å²) in [6.45, 7) is 0.0952. The van der Waals surface area contributed by atoms with E-state index >= 15 is 0 Å². The van der Waals surface area contributed by atoms with Gasteiger partial charge in [-0.05, 0) is 78.2 Å². The van der Waals surface area contributed by atoms with Crippen molar-refractivity contribution < 1.29 is 37.0 Å². The van der Waals surface area contributed by atoms with E-state index in [0.29, 0.717) is 34.7 Å². The van der Waals surface area contributed by atoms with Gasteiger partial charge in [-0.3, -0.25) is 0 Å². The summed E-state index contributed by atoms with van der Waals surface area (Å²) in [5.41, 5.74) is 14.4. The van der Waals surface area contributed by atoms with E-state index in [1.54, 1.807) is 48.5 Å². The molecule has 0 unspecified atom stereocenters. The lowest BCUT2D eigenvalue weighted by molar-refractivity contribution is -0.138.